The van der Waals surface area contributed by atoms with E-state index >= 15 is 0 Å². The van der Waals surface area contributed by atoms with E-state index < -0.39 is 16.9 Å². The SMILES string of the molecule is O=C(O)[C@@H]1CCCN1C(=O)Cc1ccccc1[N+](=O)[O-]. The summed E-state index contributed by atoms with van der Waals surface area (Å²) in [5.74, 6) is -1.41. The Morgan fingerprint density at radius 1 is 1.40 bits per heavy atom. The van der Waals surface area contributed by atoms with Gasteiger partial charge >= 0.3 is 5.97 Å². The lowest BCUT2D eigenvalue weighted by Gasteiger charge is -2.21. The van der Waals surface area contributed by atoms with E-state index in [0.717, 1.165) is 0 Å². The molecule has 1 atom stereocenters. The van der Waals surface area contributed by atoms with Crippen LogP contribution in [0, 0.1) is 10.1 Å². The van der Waals surface area contributed by atoms with E-state index in [1.165, 1.54) is 23.1 Å². The lowest BCUT2D eigenvalue weighted by molar-refractivity contribution is -0.385. The van der Waals surface area contributed by atoms with Crippen LogP contribution in [0.15, 0.2) is 24.3 Å². The summed E-state index contributed by atoms with van der Waals surface area (Å²) >= 11 is 0. The number of hydrogen-bond donors (Lipinski definition) is 1. The zero-order valence-corrected chi connectivity index (χ0v) is 10.7. The highest BCUT2D eigenvalue weighted by atomic mass is 16.6. The number of hydrogen-bond acceptors (Lipinski definition) is 4. The van der Waals surface area contributed by atoms with Gasteiger partial charge in [-0.25, -0.2) is 4.79 Å². The van der Waals surface area contributed by atoms with Crippen LogP contribution in [0.2, 0.25) is 0 Å². The summed E-state index contributed by atoms with van der Waals surface area (Å²) in [6, 6.07) is 5.18. The molecule has 0 saturated carbocycles. The molecule has 106 valence electrons. The van der Waals surface area contributed by atoms with Crippen LogP contribution in [0.1, 0.15) is 18.4 Å². The summed E-state index contributed by atoms with van der Waals surface area (Å²) in [4.78, 5) is 34.8. The number of carbonyl (C=O) groups excluding carboxylic acids is 1. The predicted octanol–water partition coefficient (Wildman–Crippen LogP) is 1.21. The van der Waals surface area contributed by atoms with Crippen molar-refractivity contribution in [2.75, 3.05) is 6.54 Å². The Hall–Kier alpha value is -2.44. The molecule has 7 nitrogen and oxygen atoms in total. The molecular formula is C13H14N2O5. The van der Waals surface area contributed by atoms with Gasteiger partial charge in [-0.2, -0.15) is 0 Å². The van der Waals surface area contributed by atoms with Crippen molar-refractivity contribution < 1.29 is 19.6 Å². The first-order chi connectivity index (χ1) is 9.50. The fourth-order valence-corrected chi connectivity index (χ4v) is 2.42. The number of para-hydroxylation sites is 1. The monoisotopic (exact) mass is 278 g/mol. The van der Waals surface area contributed by atoms with E-state index in [1.54, 1.807) is 6.07 Å². The second kappa shape index (κ2) is 5.68. The molecule has 1 heterocycles. The lowest BCUT2D eigenvalue weighted by atomic mass is 10.1. The van der Waals surface area contributed by atoms with Crippen molar-refractivity contribution >= 4 is 17.6 Å². The number of aliphatic carboxylic acids is 1. The van der Waals surface area contributed by atoms with Crippen molar-refractivity contribution in [2.24, 2.45) is 0 Å². The van der Waals surface area contributed by atoms with E-state index in [2.05, 4.69) is 0 Å². The normalized spacial score (nSPS) is 18.0. The van der Waals surface area contributed by atoms with Crippen LogP contribution in [-0.4, -0.2) is 39.4 Å². The Labute approximate surface area is 115 Å². The standard InChI is InChI=1S/C13H14N2O5/c16-12(14-7-3-6-11(14)13(17)18)8-9-4-1-2-5-10(9)15(19)20/h1-2,4-5,11H,3,6-8H2,(H,17,18)/t11-/m0/s1. The molecule has 1 aliphatic heterocycles. The number of likely N-dealkylation sites (tertiary alicyclic amines) is 1. The maximum atomic E-state index is 12.1. The van der Waals surface area contributed by atoms with Gasteiger partial charge in [-0.15, -0.1) is 0 Å². The van der Waals surface area contributed by atoms with Crippen LogP contribution in [0.5, 0.6) is 0 Å². The Balaban J connectivity index is 2.16. The van der Waals surface area contributed by atoms with Crippen molar-refractivity contribution in [1.82, 2.24) is 4.90 Å². The molecule has 0 aromatic heterocycles. The summed E-state index contributed by atoms with van der Waals surface area (Å²) in [5, 5.41) is 19.9. The van der Waals surface area contributed by atoms with Crippen molar-refractivity contribution in [3.05, 3.63) is 39.9 Å². The zero-order chi connectivity index (χ0) is 14.7. The molecule has 1 N–H and O–H groups in total. The average Bonchev–Trinajstić information content (AvgIpc) is 2.88. The van der Waals surface area contributed by atoms with Gasteiger partial charge in [-0.1, -0.05) is 18.2 Å². The number of nitro benzene ring substituents is 1. The zero-order valence-electron chi connectivity index (χ0n) is 10.7. The number of carboxylic acid groups (broad SMARTS) is 1. The van der Waals surface area contributed by atoms with Crippen molar-refractivity contribution in [3.8, 4) is 0 Å². The van der Waals surface area contributed by atoms with Gasteiger partial charge in [0.15, 0.2) is 0 Å². The van der Waals surface area contributed by atoms with Crippen LogP contribution in [0.4, 0.5) is 5.69 Å². The van der Waals surface area contributed by atoms with Crippen molar-refractivity contribution in [2.45, 2.75) is 25.3 Å². The Morgan fingerprint density at radius 3 is 2.75 bits per heavy atom. The van der Waals surface area contributed by atoms with Gasteiger partial charge in [-0.3, -0.25) is 14.9 Å². The molecule has 1 fully saturated rings. The second-order valence-electron chi connectivity index (χ2n) is 4.65. The summed E-state index contributed by atoms with van der Waals surface area (Å²) < 4.78 is 0. The van der Waals surface area contributed by atoms with E-state index in [1.807, 2.05) is 0 Å². The third-order valence-corrected chi connectivity index (χ3v) is 3.39. The number of carboxylic acids is 1. The van der Waals surface area contributed by atoms with E-state index in [9.17, 15) is 19.7 Å². The second-order valence-corrected chi connectivity index (χ2v) is 4.65. The molecule has 20 heavy (non-hydrogen) atoms. The summed E-state index contributed by atoms with van der Waals surface area (Å²) in [6.07, 6.45) is 0.915. The number of benzene rings is 1. The number of nitro groups is 1. The van der Waals surface area contributed by atoms with Crippen LogP contribution < -0.4 is 0 Å². The molecule has 7 heteroatoms. The van der Waals surface area contributed by atoms with Crippen LogP contribution in [0.3, 0.4) is 0 Å². The summed E-state index contributed by atoms with van der Waals surface area (Å²) in [5.41, 5.74) is 0.186. The minimum atomic E-state index is -1.03. The molecule has 1 aliphatic rings. The Bertz CT molecular complexity index is 557. The van der Waals surface area contributed by atoms with Gasteiger partial charge in [0.2, 0.25) is 5.91 Å². The highest BCUT2D eigenvalue weighted by Gasteiger charge is 2.34. The van der Waals surface area contributed by atoms with Crippen molar-refractivity contribution in [1.29, 1.82) is 0 Å². The molecule has 1 saturated heterocycles. The van der Waals surface area contributed by atoms with Crippen LogP contribution >= 0.6 is 0 Å². The lowest BCUT2D eigenvalue weighted by Crippen LogP contribution is -2.41. The predicted molar refractivity (Wildman–Crippen MR) is 69.2 cm³/mol. The molecule has 0 spiro atoms. The molecular weight excluding hydrogens is 264 g/mol. The third-order valence-electron chi connectivity index (χ3n) is 3.39. The fourth-order valence-electron chi connectivity index (χ4n) is 2.42. The summed E-state index contributed by atoms with van der Waals surface area (Å²) in [7, 11) is 0. The molecule has 0 aliphatic carbocycles. The van der Waals surface area contributed by atoms with Gasteiger partial charge in [0.05, 0.1) is 11.3 Å². The molecule has 2 rings (SSSR count). The number of rotatable bonds is 4. The summed E-state index contributed by atoms with van der Waals surface area (Å²) in [6.45, 7) is 0.385. The minimum Gasteiger partial charge on any atom is -0.480 e. The van der Waals surface area contributed by atoms with E-state index in [-0.39, 0.29) is 18.0 Å². The third kappa shape index (κ3) is 2.76. The molecule has 1 amide bonds. The average molecular weight is 278 g/mol. The smallest absolute Gasteiger partial charge is 0.326 e. The van der Waals surface area contributed by atoms with E-state index in [0.29, 0.717) is 24.9 Å². The topological polar surface area (TPSA) is 101 Å². The first-order valence-electron chi connectivity index (χ1n) is 6.25. The fraction of sp³-hybridized carbons (Fsp3) is 0.385. The highest BCUT2D eigenvalue weighted by Crippen LogP contribution is 2.22. The van der Waals surface area contributed by atoms with Crippen LogP contribution in [0.25, 0.3) is 0 Å². The Morgan fingerprint density at radius 2 is 2.10 bits per heavy atom. The first-order valence-corrected chi connectivity index (χ1v) is 6.25. The first kappa shape index (κ1) is 14.0. The van der Waals surface area contributed by atoms with Gasteiger partial charge in [0.25, 0.3) is 5.69 Å². The maximum Gasteiger partial charge on any atom is 0.326 e. The van der Waals surface area contributed by atoms with Gasteiger partial charge in [-0.05, 0) is 12.8 Å². The van der Waals surface area contributed by atoms with Crippen molar-refractivity contribution in [3.63, 3.8) is 0 Å². The van der Waals surface area contributed by atoms with Crippen LogP contribution in [-0.2, 0) is 16.0 Å². The van der Waals surface area contributed by atoms with Gasteiger partial charge in [0.1, 0.15) is 6.04 Å². The quantitative estimate of drug-likeness (QED) is 0.659. The molecule has 0 unspecified atom stereocenters. The van der Waals surface area contributed by atoms with E-state index in [4.69, 9.17) is 5.11 Å². The largest absolute Gasteiger partial charge is 0.480 e. The minimum absolute atomic E-state index is 0.119. The molecule has 0 radical (unpaired) electrons. The van der Waals surface area contributed by atoms with Gasteiger partial charge in [0, 0.05) is 18.2 Å². The number of nitrogens with zero attached hydrogens (tertiary/aromatic N) is 2. The molecule has 1 aromatic carbocycles. The number of amides is 1. The molecule has 1 aromatic rings. The molecule has 0 bridgehead atoms. The highest BCUT2D eigenvalue weighted by molar-refractivity contribution is 5.86. The Kier molecular flexibility index (Phi) is 3.97. The number of carbonyl (C=O) groups is 2. The van der Waals surface area contributed by atoms with Gasteiger partial charge < -0.3 is 10.0 Å². The maximum absolute atomic E-state index is 12.1.